The maximum absolute atomic E-state index is 12.1. The van der Waals surface area contributed by atoms with Crippen LogP contribution >= 0.6 is 0 Å². The first kappa shape index (κ1) is 15.1. The van der Waals surface area contributed by atoms with Gasteiger partial charge in [-0.1, -0.05) is 40.2 Å². The van der Waals surface area contributed by atoms with Crippen molar-refractivity contribution in [3.63, 3.8) is 0 Å². The molecule has 2 heteroatoms. The molecular formula is C19H30O2. The first-order chi connectivity index (χ1) is 9.89. The van der Waals surface area contributed by atoms with Crippen LogP contribution in [-0.4, -0.2) is 11.6 Å². The molecule has 2 unspecified atom stereocenters. The minimum atomic E-state index is -0.201. The van der Waals surface area contributed by atoms with Crippen LogP contribution in [0.1, 0.15) is 59.8 Å². The van der Waals surface area contributed by atoms with E-state index in [9.17, 15) is 4.79 Å². The molecule has 0 amide bonds. The molecule has 21 heavy (non-hydrogen) atoms. The van der Waals surface area contributed by atoms with Crippen molar-refractivity contribution in [1.29, 1.82) is 0 Å². The van der Waals surface area contributed by atoms with E-state index in [1.165, 1.54) is 19.3 Å². The number of hydrogen-bond donors (Lipinski definition) is 0. The molecule has 0 N–H and O–H groups in total. The Morgan fingerprint density at radius 3 is 2.43 bits per heavy atom. The average molecular weight is 290 g/mol. The summed E-state index contributed by atoms with van der Waals surface area (Å²) in [6, 6.07) is 0. The Morgan fingerprint density at radius 2 is 1.86 bits per heavy atom. The summed E-state index contributed by atoms with van der Waals surface area (Å²) in [5.74, 6) is 4.46. The minimum Gasteiger partial charge on any atom is -0.455 e. The molecule has 0 aliphatic heterocycles. The minimum absolute atomic E-state index is 0.183. The molecule has 3 aliphatic rings. The summed E-state index contributed by atoms with van der Waals surface area (Å²) in [4.78, 5) is 12.1. The lowest BCUT2D eigenvalue weighted by Gasteiger charge is -2.50. The molecule has 3 fully saturated rings. The number of carbonyl (C=O) groups is 1. The van der Waals surface area contributed by atoms with E-state index in [1.807, 2.05) is 0 Å². The summed E-state index contributed by atoms with van der Waals surface area (Å²) in [5.41, 5.74) is 0.333. The number of fused-ring (bicyclic) bond motifs is 5. The molecule has 3 saturated carbocycles. The second-order valence-corrected chi connectivity index (χ2v) is 8.08. The lowest BCUT2D eigenvalue weighted by atomic mass is 9.58. The molecule has 0 heterocycles. The number of carbonyl (C=O) groups excluding carboxylic acids is 1. The largest absolute Gasteiger partial charge is 0.455 e. The lowest BCUT2D eigenvalue weighted by Crippen LogP contribution is -2.50. The maximum atomic E-state index is 12.1. The van der Waals surface area contributed by atoms with E-state index >= 15 is 0 Å². The van der Waals surface area contributed by atoms with Crippen molar-refractivity contribution >= 4 is 5.97 Å². The SMILES string of the molecule is C=C(C)C(=O)O[C@]1(CC)C[C@H]2C[C@H]1C1C2[C@@H](C)CC[C@H]1C. The number of hydrogen-bond acceptors (Lipinski definition) is 2. The quantitative estimate of drug-likeness (QED) is 0.561. The molecule has 0 radical (unpaired) electrons. The van der Waals surface area contributed by atoms with Crippen LogP contribution in [0.2, 0.25) is 0 Å². The van der Waals surface area contributed by atoms with E-state index in [2.05, 4.69) is 27.4 Å². The van der Waals surface area contributed by atoms with Gasteiger partial charge < -0.3 is 4.74 Å². The Labute approximate surface area is 129 Å². The van der Waals surface area contributed by atoms with Gasteiger partial charge in [-0.25, -0.2) is 4.79 Å². The highest BCUT2D eigenvalue weighted by Crippen LogP contribution is 2.65. The molecule has 0 saturated heterocycles. The van der Waals surface area contributed by atoms with E-state index in [0.29, 0.717) is 11.5 Å². The smallest absolute Gasteiger partial charge is 0.333 e. The van der Waals surface area contributed by atoms with Crippen molar-refractivity contribution in [2.75, 3.05) is 0 Å². The third kappa shape index (κ3) is 2.17. The van der Waals surface area contributed by atoms with Crippen LogP contribution in [0.15, 0.2) is 12.2 Å². The predicted molar refractivity (Wildman–Crippen MR) is 84.7 cm³/mol. The molecule has 2 bridgehead atoms. The van der Waals surface area contributed by atoms with E-state index < -0.39 is 0 Å². The molecule has 0 aromatic heterocycles. The summed E-state index contributed by atoms with van der Waals surface area (Å²) in [6.45, 7) is 12.6. The van der Waals surface area contributed by atoms with Crippen molar-refractivity contribution in [3.05, 3.63) is 12.2 Å². The topological polar surface area (TPSA) is 26.3 Å². The van der Waals surface area contributed by atoms with Crippen molar-refractivity contribution in [1.82, 2.24) is 0 Å². The van der Waals surface area contributed by atoms with Gasteiger partial charge in [-0.05, 0) is 55.8 Å². The standard InChI is InChI=1S/C19H30O2/c1-6-19(21-18(20)11(2)3)10-14-9-15(19)17-13(5)8-7-12(4)16(14)17/h12-17H,2,6-10H2,1,3-5H3/t12-,13+,14+,15-,16?,17?,19+/m0/s1. The highest BCUT2D eigenvalue weighted by atomic mass is 16.6. The van der Waals surface area contributed by atoms with Gasteiger partial charge in [-0.3, -0.25) is 0 Å². The molecule has 2 nitrogen and oxygen atoms in total. The van der Waals surface area contributed by atoms with Crippen molar-refractivity contribution in [2.45, 2.75) is 65.4 Å². The molecule has 0 spiro atoms. The normalized spacial score (nSPS) is 48.0. The predicted octanol–water partition coefficient (Wildman–Crippen LogP) is 4.59. The first-order valence-electron chi connectivity index (χ1n) is 8.78. The van der Waals surface area contributed by atoms with E-state index in [0.717, 1.165) is 42.4 Å². The second kappa shape index (κ2) is 5.14. The number of rotatable bonds is 3. The molecule has 3 rings (SSSR count). The molecule has 3 aliphatic carbocycles. The van der Waals surface area contributed by atoms with Gasteiger partial charge >= 0.3 is 5.97 Å². The van der Waals surface area contributed by atoms with E-state index in [-0.39, 0.29) is 11.6 Å². The number of ether oxygens (including phenoxy) is 1. The Morgan fingerprint density at radius 1 is 1.24 bits per heavy atom. The van der Waals surface area contributed by atoms with E-state index in [4.69, 9.17) is 4.74 Å². The van der Waals surface area contributed by atoms with E-state index in [1.54, 1.807) is 6.92 Å². The van der Waals surface area contributed by atoms with Gasteiger partial charge in [0.1, 0.15) is 5.60 Å². The molecule has 0 aromatic rings. The van der Waals surface area contributed by atoms with Gasteiger partial charge in [0.15, 0.2) is 0 Å². The second-order valence-electron chi connectivity index (χ2n) is 8.08. The van der Waals surface area contributed by atoms with Gasteiger partial charge in [0.25, 0.3) is 0 Å². The zero-order valence-electron chi connectivity index (χ0n) is 14.0. The van der Waals surface area contributed by atoms with Crippen molar-refractivity contribution in [3.8, 4) is 0 Å². The fourth-order valence-electron chi connectivity index (χ4n) is 6.00. The highest BCUT2D eigenvalue weighted by Gasteiger charge is 2.63. The molecular weight excluding hydrogens is 260 g/mol. The zero-order valence-corrected chi connectivity index (χ0v) is 14.0. The first-order valence-corrected chi connectivity index (χ1v) is 8.78. The summed E-state index contributed by atoms with van der Waals surface area (Å²) in [6.07, 6.45) is 6.06. The molecule has 0 aromatic carbocycles. The Kier molecular flexibility index (Phi) is 3.70. The molecule has 7 atom stereocenters. The maximum Gasteiger partial charge on any atom is 0.333 e. The summed E-state index contributed by atoms with van der Waals surface area (Å²) >= 11 is 0. The van der Waals surface area contributed by atoms with Gasteiger partial charge in [0.2, 0.25) is 0 Å². The number of esters is 1. The van der Waals surface area contributed by atoms with Crippen LogP contribution in [0.4, 0.5) is 0 Å². The molecule has 118 valence electrons. The van der Waals surface area contributed by atoms with Crippen LogP contribution < -0.4 is 0 Å². The van der Waals surface area contributed by atoms with Gasteiger partial charge in [-0.2, -0.15) is 0 Å². The Balaban J connectivity index is 1.87. The Hall–Kier alpha value is -0.790. The van der Waals surface area contributed by atoms with Crippen LogP contribution in [0, 0.1) is 35.5 Å². The van der Waals surface area contributed by atoms with Crippen molar-refractivity contribution < 1.29 is 9.53 Å². The Bertz CT molecular complexity index is 454. The monoisotopic (exact) mass is 290 g/mol. The van der Waals surface area contributed by atoms with Gasteiger partial charge in [-0.15, -0.1) is 0 Å². The van der Waals surface area contributed by atoms with Crippen LogP contribution in [0.25, 0.3) is 0 Å². The average Bonchev–Trinajstić information content (AvgIpc) is 2.99. The fourth-order valence-corrected chi connectivity index (χ4v) is 6.00. The highest BCUT2D eigenvalue weighted by molar-refractivity contribution is 5.87. The summed E-state index contributed by atoms with van der Waals surface area (Å²) < 4.78 is 6.04. The van der Waals surface area contributed by atoms with Crippen molar-refractivity contribution in [2.24, 2.45) is 35.5 Å². The van der Waals surface area contributed by atoms with Gasteiger partial charge in [0.05, 0.1) is 0 Å². The fraction of sp³-hybridized carbons (Fsp3) is 0.842. The van der Waals surface area contributed by atoms with Gasteiger partial charge in [0, 0.05) is 11.5 Å². The zero-order chi connectivity index (χ0) is 15.4. The third-order valence-electron chi connectivity index (χ3n) is 6.93. The third-order valence-corrected chi connectivity index (χ3v) is 6.93. The van der Waals surface area contributed by atoms with Crippen LogP contribution in [-0.2, 0) is 9.53 Å². The summed E-state index contributed by atoms with van der Waals surface area (Å²) in [5, 5.41) is 0. The summed E-state index contributed by atoms with van der Waals surface area (Å²) in [7, 11) is 0. The van der Waals surface area contributed by atoms with Crippen LogP contribution in [0.5, 0.6) is 0 Å². The lowest BCUT2D eigenvalue weighted by molar-refractivity contribution is -0.170. The van der Waals surface area contributed by atoms with Crippen LogP contribution in [0.3, 0.4) is 0 Å².